The van der Waals surface area contributed by atoms with E-state index in [4.69, 9.17) is 5.73 Å². The maximum absolute atomic E-state index is 11.8. The van der Waals surface area contributed by atoms with Crippen molar-refractivity contribution in [3.8, 4) is 0 Å². The van der Waals surface area contributed by atoms with Crippen molar-refractivity contribution in [3.05, 3.63) is 35.9 Å². The van der Waals surface area contributed by atoms with Crippen molar-refractivity contribution in [1.29, 1.82) is 0 Å². The maximum Gasteiger partial charge on any atom is 0.244 e. The predicted octanol–water partition coefficient (Wildman–Crippen LogP) is 2.98. The Labute approximate surface area is 109 Å². The summed E-state index contributed by atoms with van der Waals surface area (Å²) in [6, 6.07) is 7.41. The van der Waals surface area contributed by atoms with Crippen LogP contribution in [0, 0.1) is 0 Å². The van der Waals surface area contributed by atoms with Crippen LogP contribution in [0.15, 0.2) is 30.3 Å². The Kier molecular flexibility index (Phi) is 4.95. The zero-order valence-corrected chi connectivity index (χ0v) is 11.4. The van der Waals surface area contributed by atoms with Gasteiger partial charge in [-0.1, -0.05) is 26.0 Å². The third kappa shape index (κ3) is 4.24. The van der Waals surface area contributed by atoms with Crippen LogP contribution in [0.25, 0.3) is 6.08 Å². The maximum atomic E-state index is 11.8. The molecule has 0 heterocycles. The van der Waals surface area contributed by atoms with Crippen LogP contribution in [0.5, 0.6) is 0 Å². The molecule has 3 heteroatoms. The Morgan fingerprint density at radius 3 is 2.33 bits per heavy atom. The van der Waals surface area contributed by atoms with Crippen molar-refractivity contribution in [3.63, 3.8) is 0 Å². The van der Waals surface area contributed by atoms with Crippen molar-refractivity contribution in [2.75, 3.05) is 5.73 Å². The highest BCUT2D eigenvalue weighted by molar-refractivity contribution is 5.92. The molecule has 0 bridgehead atoms. The smallest absolute Gasteiger partial charge is 0.244 e. The van der Waals surface area contributed by atoms with Crippen molar-refractivity contribution in [2.24, 2.45) is 0 Å². The summed E-state index contributed by atoms with van der Waals surface area (Å²) in [5.74, 6) is -0.0574. The lowest BCUT2D eigenvalue weighted by Gasteiger charge is -2.27. The number of hydrogen-bond acceptors (Lipinski definition) is 2. The second-order valence-corrected chi connectivity index (χ2v) is 4.76. The van der Waals surface area contributed by atoms with Crippen LogP contribution in [0.2, 0.25) is 0 Å². The van der Waals surface area contributed by atoms with Crippen LogP contribution in [0.4, 0.5) is 5.69 Å². The first-order valence-electron chi connectivity index (χ1n) is 6.35. The number of carbonyl (C=O) groups is 1. The molecule has 1 amide bonds. The largest absolute Gasteiger partial charge is 0.399 e. The van der Waals surface area contributed by atoms with Crippen LogP contribution in [-0.4, -0.2) is 11.4 Å². The lowest BCUT2D eigenvalue weighted by atomic mass is 9.95. The number of rotatable bonds is 5. The van der Waals surface area contributed by atoms with Gasteiger partial charge in [-0.3, -0.25) is 4.79 Å². The van der Waals surface area contributed by atoms with Gasteiger partial charge in [0.25, 0.3) is 0 Å². The van der Waals surface area contributed by atoms with Gasteiger partial charge in [0.2, 0.25) is 5.91 Å². The molecular formula is C15H22N2O. The van der Waals surface area contributed by atoms with Gasteiger partial charge in [-0.25, -0.2) is 0 Å². The van der Waals surface area contributed by atoms with Gasteiger partial charge in [-0.15, -0.1) is 0 Å². The second-order valence-electron chi connectivity index (χ2n) is 4.76. The van der Waals surface area contributed by atoms with Crippen molar-refractivity contribution >= 4 is 17.7 Å². The average Bonchev–Trinajstić information content (AvgIpc) is 2.38. The topological polar surface area (TPSA) is 55.1 Å². The molecule has 0 fully saturated rings. The molecule has 0 aromatic heterocycles. The monoisotopic (exact) mass is 246 g/mol. The van der Waals surface area contributed by atoms with Gasteiger partial charge in [0, 0.05) is 17.3 Å². The number of hydrogen-bond donors (Lipinski definition) is 2. The summed E-state index contributed by atoms with van der Waals surface area (Å²) in [7, 11) is 0. The highest BCUT2D eigenvalue weighted by atomic mass is 16.1. The van der Waals surface area contributed by atoms with Gasteiger partial charge >= 0.3 is 0 Å². The molecule has 0 radical (unpaired) electrons. The summed E-state index contributed by atoms with van der Waals surface area (Å²) >= 11 is 0. The van der Waals surface area contributed by atoms with E-state index in [1.807, 2.05) is 24.3 Å². The highest BCUT2D eigenvalue weighted by Crippen LogP contribution is 2.13. The number of amides is 1. The van der Waals surface area contributed by atoms with Gasteiger partial charge in [0.05, 0.1) is 0 Å². The van der Waals surface area contributed by atoms with E-state index in [1.54, 1.807) is 12.2 Å². The molecule has 0 aliphatic carbocycles. The van der Waals surface area contributed by atoms with Crippen LogP contribution >= 0.6 is 0 Å². The molecule has 0 saturated heterocycles. The second kappa shape index (κ2) is 6.24. The zero-order valence-electron chi connectivity index (χ0n) is 11.4. The zero-order chi connectivity index (χ0) is 13.6. The number of nitrogen functional groups attached to an aromatic ring is 1. The molecule has 0 unspecified atom stereocenters. The normalized spacial score (nSPS) is 11.7. The Morgan fingerprint density at radius 2 is 1.83 bits per heavy atom. The Bertz CT molecular complexity index is 417. The third-order valence-corrected chi connectivity index (χ3v) is 3.35. The fourth-order valence-electron chi connectivity index (χ4n) is 1.54. The summed E-state index contributed by atoms with van der Waals surface area (Å²) in [4.78, 5) is 11.8. The van der Waals surface area contributed by atoms with Gasteiger partial charge in [0.1, 0.15) is 0 Å². The average molecular weight is 246 g/mol. The highest BCUT2D eigenvalue weighted by Gasteiger charge is 2.20. The number of nitrogens with one attached hydrogen (secondary N) is 1. The molecule has 0 aliphatic heterocycles. The fourth-order valence-corrected chi connectivity index (χ4v) is 1.54. The first kappa shape index (κ1) is 14.3. The summed E-state index contributed by atoms with van der Waals surface area (Å²) in [6.45, 7) is 6.21. The third-order valence-electron chi connectivity index (χ3n) is 3.35. The number of nitrogens with two attached hydrogens (primary N) is 1. The van der Waals surface area contributed by atoms with Gasteiger partial charge in [-0.2, -0.15) is 0 Å². The summed E-state index contributed by atoms with van der Waals surface area (Å²) in [6.07, 6.45) is 5.20. The molecule has 0 saturated carbocycles. The van der Waals surface area contributed by atoms with Crippen molar-refractivity contribution in [2.45, 2.75) is 39.2 Å². The summed E-state index contributed by atoms with van der Waals surface area (Å²) in [5.41, 5.74) is 7.17. The van der Waals surface area contributed by atoms with Gasteiger partial charge < -0.3 is 11.1 Å². The first-order chi connectivity index (χ1) is 8.49. The molecule has 18 heavy (non-hydrogen) atoms. The molecule has 3 nitrogen and oxygen atoms in total. The van der Waals surface area contributed by atoms with E-state index in [9.17, 15) is 4.79 Å². The van der Waals surface area contributed by atoms with Crippen LogP contribution in [-0.2, 0) is 4.79 Å². The first-order valence-corrected chi connectivity index (χ1v) is 6.35. The van der Waals surface area contributed by atoms with E-state index in [0.29, 0.717) is 0 Å². The SMILES string of the molecule is CCC(C)(CC)NC(=O)/C=C/c1ccc(N)cc1. The van der Waals surface area contributed by atoms with E-state index in [2.05, 4.69) is 26.1 Å². The van der Waals surface area contributed by atoms with Crippen LogP contribution < -0.4 is 11.1 Å². The quantitative estimate of drug-likeness (QED) is 0.620. The Hall–Kier alpha value is -1.77. The van der Waals surface area contributed by atoms with Crippen LogP contribution in [0.3, 0.4) is 0 Å². The Morgan fingerprint density at radius 1 is 1.28 bits per heavy atom. The van der Waals surface area contributed by atoms with E-state index >= 15 is 0 Å². The molecule has 0 spiro atoms. The minimum absolute atomic E-state index is 0.0574. The van der Waals surface area contributed by atoms with Gasteiger partial charge in [0.15, 0.2) is 0 Å². The summed E-state index contributed by atoms with van der Waals surface area (Å²) in [5, 5.41) is 3.02. The van der Waals surface area contributed by atoms with Crippen molar-refractivity contribution < 1.29 is 4.79 Å². The predicted molar refractivity (Wildman–Crippen MR) is 77.0 cm³/mol. The molecule has 1 aromatic carbocycles. The fraction of sp³-hybridized carbons (Fsp3) is 0.400. The standard InChI is InChI=1S/C15H22N2O/c1-4-15(3,5-2)17-14(18)11-8-12-6-9-13(16)10-7-12/h6-11H,4-5,16H2,1-3H3,(H,17,18)/b11-8+. The van der Waals surface area contributed by atoms with E-state index in [0.717, 1.165) is 24.1 Å². The van der Waals surface area contributed by atoms with Gasteiger partial charge in [-0.05, 0) is 43.5 Å². The lowest BCUT2D eigenvalue weighted by Crippen LogP contribution is -2.44. The minimum Gasteiger partial charge on any atom is -0.399 e. The molecule has 0 aliphatic rings. The van der Waals surface area contributed by atoms with E-state index < -0.39 is 0 Å². The number of carbonyl (C=O) groups excluding carboxylic acids is 1. The van der Waals surface area contributed by atoms with Crippen molar-refractivity contribution in [1.82, 2.24) is 5.32 Å². The van der Waals surface area contributed by atoms with E-state index in [1.165, 1.54) is 0 Å². The van der Waals surface area contributed by atoms with E-state index in [-0.39, 0.29) is 11.4 Å². The van der Waals surface area contributed by atoms with Crippen LogP contribution in [0.1, 0.15) is 39.2 Å². The molecular weight excluding hydrogens is 224 g/mol. The number of benzene rings is 1. The Balaban J connectivity index is 2.62. The molecule has 3 N–H and O–H groups in total. The summed E-state index contributed by atoms with van der Waals surface area (Å²) < 4.78 is 0. The molecule has 98 valence electrons. The minimum atomic E-state index is -0.122. The number of anilines is 1. The molecule has 1 aromatic rings. The lowest BCUT2D eigenvalue weighted by molar-refractivity contribution is -0.118. The molecule has 0 atom stereocenters. The molecule has 1 rings (SSSR count).